The molecule has 8 heteroatoms. The molecule has 0 aromatic carbocycles. The molecule has 0 saturated carbocycles. The summed E-state index contributed by atoms with van der Waals surface area (Å²) in [4.78, 5) is 22.7. The standard InChI is InChI=1S/C8H9Br2NO.C8H9BrClNO/c9-4-2-6-11-5-1-3-7(10)8(11)12;9-7-3-1-5-11(8(7)12)6-2-4-10/h2*1,3,5H,2,4,6H2. The maximum absolute atomic E-state index is 11.4. The zero-order valence-electron chi connectivity index (χ0n) is 12.9. The van der Waals surface area contributed by atoms with Crippen molar-refractivity contribution in [1.82, 2.24) is 9.13 Å². The van der Waals surface area contributed by atoms with Gasteiger partial charge in [0.1, 0.15) is 0 Å². The minimum absolute atomic E-state index is 0.00242. The van der Waals surface area contributed by atoms with Crippen LogP contribution in [0.5, 0.6) is 0 Å². The lowest BCUT2D eigenvalue weighted by Gasteiger charge is -2.02. The van der Waals surface area contributed by atoms with E-state index < -0.39 is 0 Å². The molecular weight excluding hydrogens is 527 g/mol. The predicted octanol–water partition coefficient (Wildman–Crippen LogP) is 4.64. The van der Waals surface area contributed by atoms with Crippen LogP contribution in [-0.4, -0.2) is 20.3 Å². The minimum atomic E-state index is 0.00242. The van der Waals surface area contributed by atoms with E-state index in [4.69, 9.17) is 11.6 Å². The van der Waals surface area contributed by atoms with Gasteiger partial charge in [0.05, 0.1) is 8.95 Å². The average molecular weight is 545 g/mol. The van der Waals surface area contributed by atoms with Crippen molar-refractivity contribution in [2.24, 2.45) is 0 Å². The molecule has 0 amide bonds. The molecule has 0 bridgehead atoms. The molecule has 0 N–H and O–H groups in total. The van der Waals surface area contributed by atoms with Crippen molar-refractivity contribution < 1.29 is 0 Å². The van der Waals surface area contributed by atoms with Crippen LogP contribution in [0.25, 0.3) is 0 Å². The number of hydrogen-bond donors (Lipinski definition) is 0. The van der Waals surface area contributed by atoms with Gasteiger partial charge in [0, 0.05) is 36.7 Å². The zero-order chi connectivity index (χ0) is 17.9. The van der Waals surface area contributed by atoms with Crippen molar-refractivity contribution in [2.45, 2.75) is 25.9 Å². The maximum Gasteiger partial charge on any atom is 0.264 e. The van der Waals surface area contributed by atoms with Crippen LogP contribution < -0.4 is 11.1 Å². The van der Waals surface area contributed by atoms with Gasteiger partial charge in [-0.25, -0.2) is 0 Å². The summed E-state index contributed by atoms with van der Waals surface area (Å²) in [5.41, 5.74) is 0.0427. The molecule has 0 aliphatic carbocycles. The molecule has 4 nitrogen and oxygen atoms in total. The van der Waals surface area contributed by atoms with E-state index in [0.717, 1.165) is 24.7 Å². The van der Waals surface area contributed by atoms with E-state index in [1.807, 2.05) is 12.1 Å². The molecule has 132 valence electrons. The number of halogens is 4. The molecule has 2 aromatic rings. The van der Waals surface area contributed by atoms with Crippen LogP contribution in [0, 0.1) is 0 Å². The Bertz CT molecular complexity index is 683. The smallest absolute Gasteiger partial charge is 0.264 e. The van der Waals surface area contributed by atoms with Crippen molar-refractivity contribution in [3.05, 3.63) is 66.3 Å². The Labute approximate surface area is 171 Å². The van der Waals surface area contributed by atoms with E-state index in [1.165, 1.54) is 0 Å². The second-order valence-electron chi connectivity index (χ2n) is 4.79. The summed E-state index contributed by atoms with van der Waals surface area (Å²) in [6.07, 6.45) is 5.35. The van der Waals surface area contributed by atoms with Gasteiger partial charge in [0.2, 0.25) is 0 Å². The molecule has 0 radical (unpaired) electrons. The van der Waals surface area contributed by atoms with Gasteiger partial charge in [-0.3, -0.25) is 9.59 Å². The first-order valence-electron chi connectivity index (χ1n) is 7.33. The lowest BCUT2D eigenvalue weighted by Crippen LogP contribution is -2.19. The number of hydrogen-bond acceptors (Lipinski definition) is 2. The number of aromatic nitrogens is 2. The van der Waals surface area contributed by atoms with Crippen molar-refractivity contribution in [3.63, 3.8) is 0 Å². The minimum Gasteiger partial charge on any atom is -0.315 e. The van der Waals surface area contributed by atoms with E-state index in [-0.39, 0.29) is 11.1 Å². The molecule has 0 saturated heterocycles. The quantitative estimate of drug-likeness (QED) is 0.497. The third kappa shape index (κ3) is 7.25. The number of pyridine rings is 2. The summed E-state index contributed by atoms with van der Waals surface area (Å²) in [5.74, 6) is 0.582. The Hall–Kier alpha value is -0.370. The van der Waals surface area contributed by atoms with Gasteiger partial charge in [0.15, 0.2) is 0 Å². The molecule has 0 aliphatic rings. The number of aryl methyl sites for hydroxylation is 2. The van der Waals surface area contributed by atoms with E-state index in [0.29, 0.717) is 21.4 Å². The molecule has 2 aromatic heterocycles. The summed E-state index contributed by atoms with van der Waals surface area (Å²) in [5, 5.41) is 0.923. The lowest BCUT2D eigenvalue weighted by molar-refractivity contribution is 0.654. The van der Waals surface area contributed by atoms with Crippen molar-refractivity contribution in [1.29, 1.82) is 0 Å². The topological polar surface area (TPSA) is 44.0 Å². The molecule has 2 rings (SSSR count). The zero-order valence-corrected chi connectivity index (χ0v) is 18.4. The molecule has 2 heterocycles. The monoisotopic (exact) mass is 542 g/mol. The van der Waals surface area contributed by atoms with Crippen molar-refractivity contribution >= 4 is 59.4 Å². The van der Waals surface area contributed by atoms with Gasteiger partial charge in [-0.1, -0.05) is 15.9 Å². The second kappa shape index (κ2) is 12.1. The van der Waals surface area contributed by atoms with Crippen LogP contribution >= 0.6 is 59.4 Å². The average Bonchev–Trinajstić information content (AvgIpc) is 2.58. The predicted molar refractivity (Wildman–Crippen MR) is 111 cm³/mol. The fraction of sp³-hybridized carbons (Fsp3) is 0.375. The highest BCUT2D eigenvalue weighted by atomic mass is 79.9. The summed E-state index contributed by atoms with van der Waals surface area (Å²) in [6, 6.07) is 7.19. The fourth-order valence-corrected chi connectivity index (χ4v) is 2.96. The van der Waals surface area contributed by atoms with Gasteiger partial charge >= 0.3 is 0 Å². The summed E-state index contributed by atoms with van der Waals surface area (Å²) in [7, 11) is 0. The Morgan fingerprint density at radius 1 is 0.875 bits per heavy atom. The molecule has 0 spiro atoms. The highest BCUT2D eigenvalue weighted by Gasteiger charge is 1.98. The summed E-state index contributed by atoms with van der Waals surface area (Å²) < 4.78 is 4.57. The number of alkyl halides is 2. The molecule has 0 fully saturated rings. The van der Waals surface area contributed by atoms with Gasteiger partial charge in [0.25, 0.3) is 11.1 Å². The third-order valence-electron chi connectivity index (χ3n) is 3.01. The van der Waals surface area contributed by atoms with Crippen LogP contribution in [0.1, 0.15) is 12.8 Å². The summed E-state index contributed by atoms with van der Waals surface area (Å²) in [6.45, 7) is 1.45. The van der Waals surface area contributed by atoms with Crippen LogP contribution in [0.2, 0.25) is 0 Å². The molecule has 0 aliphatic heterocycles. The van der Waals surface area contributed by atoms with Crippen LogP contribution in [-0.2, 0) is 13.1 Å². The van der Waals surface area contributed by atoms with Crippen molar-refractivity contribution in [3.8, 4) is 0 Å². The second-order valence-corrected chi connectivity index (χ2v) is 7.67. The number of nitrogens with zero attached hydrogens (tertiary/aromatic N) is 2. The lowest BCUT2D eigenvalue weighted by atomic mass is 10.4. The first-order valence-corrected chi connectivity index (χ1v) is 10.6. The highest BCUT2D eigenvalue weighted by Crippen LogP contribution is 2.02. The molecular formula is C16H18Br3ClN2O2. The fourth-order valence-electron chi connectivity index (χ4n) is 1.83. The normalized spacial score (nSPS) is 10.2. The largest absolute Gasteiger partial charge is 0.315 e. The van der Waals surface area contributed by atoms with Crippen LogP contribution in [0.3, 0.4) is 0 Å². The van der Waals surface area contributed by atoms with Gasteiger partial charge in [-0.05, 0) is 69.0 Å². The molecule has 0 unspecified atom stereocenters. The van der Waals surface area contributed by atoms with E-state index in [1.54, 1.807) is 33.7 Å². The Morgan fingerprint density at radius 2 is 1.33 bits per heavy atom. The first-order chi connectivity index (χ1) is 11.5. The summed E-state index contributed by atoms with van der Waals surface area (Å²) >= 11 is 15.2. The van der Waals surface area contributed by atoms with Crippen LogP contribution in [0.15, 0.2) is 55.2 Å². The van der Waals surface area contributed by atoms with Crippen LogP contribution in [0.4, 0.5) is 0 Å². The molecule has 24 heavy (non-hydrogen) atoms. The number of rotatable bonds is 6. The SMILES string of the molecule is O=c1c(Br)cccn1CCCBr.O=c1c(Br)cccn1CCCCl. The Kier molecular flexibility index (Phi) is 10.9. The van der Waals surface area contributed by atoms with Gasteiger partial charge in [-0.2, -0.15) is 0 Å². The van der Waals surface area contributed by atoms with Crippen molar-refractivity contribution in [2.75, 3.05) is 11.2 Å². The van der Waals surface area contributed by atoms with E-state index >= 15 is 0 Å². The third-order valence-corrected chi connectivity index (χ3v) is 5.05. The van der Waals surface area contributed by atoms with E-state index in [2.05, 4.69) is 47.8 Å². The van der Waals surface area contributed by atoms with E-state index in [9.17, 15) is 9.59 Å². The van der Waals surface area contributed by atoms with Gasteiger partial charge < -0.3 is 9.13 Å². The molecule has 0 atom stereocenters. The highest BCUT2D eigenvalue weighted by molar-refractivity contribution is 9.10. The Balaban J connectivity index is 0.000000240. The first kappa shape index (κ1) is 21.7. The van der Waals surface area contributed by atoms with Gasteiger partial charge in [-0.15, -0.1) is 11.6 Å². The maximum atomic E-state index is 11.4. The Morgan fingerprint density at radius 3 is 1.75 bits per heavy atom.